The normalized spacial score (nSPS) is 12.9. The second-order valence-electron chi connectivity index (χ2n) is 7.43. The molecule has 0 saturated carbocycles. The first-order valence-electron chi connectivity index (χ1n) is 9.22. The smallest absolute Gasteiger partial charge is 0.0292 e. The highest BCUT2D eigenvalue weighted by atomic mass is 79.9. The standard InChI is InChI=1S/C24H14Br4/c25-7-16-12-3-1-11-2-4-13-17(8-26)19(10-28)15-6-5-14(18(16)9-27)23-21(12)20(11)22(13)24(15)23/h1-6H,7-10H2. The third-order valence-corrected chi connectivity index (χ3v) is 8.70. The molecule has 28 heavy (non-hydrogen) atoms. The van der Waals surface area contributed by atoms with Crippen LogP contribution in [0.1, 0.15) is 22.3 Å². The van der Waals surface area contributed by atoms with Crippen LogP contribution >= 0.6 is 63.7 Å². The van der Waals surface area contributed by atoms with Gasteiger partial charge in [0, 0.05) is 21.3 Å². The van der Waals surface area contributed by atoms with Crippen molar-refractivity contribution < 1.29 is 0 Å². The summed E-state index contributed by atoms with van der Waals surface area (Å²) in [6, 6.07) is 14.0. The summed E-state index contributed by atoms with van der Waals surface area (Å²) in [5, 5.41) is 17.6. The number of hydrogen-bond donors (Lipinski definition) is 0. The molecule has 0 spiro atoms. The van der Waals surface area contributed by atoms with Crippen molar-refractivity contribution in [1.29, 1.82) is 0 Å². The van der Waals surface area contributed by atoms with Crippen LogP contribution in [0.15, 0.2) is 36.4 Å². The Morgan fingerprint density at radius 1 is 0.393 bits per heavy atom. The maximum atomic E-state index is 3.78. The third-order valence-electron chi connectivity index (χ3n) is 6.46. The predicted molar refractivity (Wildman–Crippen MR) is 138 cm³/mol. The summed E-state index contributed by atoms with van der Waals surface area (Å²) >= 11 is 15.1. The molecule has 138 valence electrons. The molecule has 4 heteroatoms. The Morgan fingerprint density at radius 3 is 1.00 bits per heavy atom. The van der Waals surface area contributed by atoms with Crippen LogP contribution in [0.2, 0.25) is 0 Å². The Kier molecular flexibility index (Phi) is 4.15. The Morgan fingerprint density at radius 2 is 0.679 bits per heavy atom. The molecule has 0 heterocycles. The first-order chi connectivity index (χ1) is 13.7. The summed E-state index contributed by atoms with van der Waals surface area (Å²) in [6.45, 7) is 0. The van der Waals surface area contributed by atoms with Gasteiger partial charge in [-0.1, -0.05) is 100 Å². The zero-order chi connectivity index (χ0) is 19.2. The van der Waals surface area contributed by atoms with Crippen LogP contribution in [0.5, 0.6) is 0 Å². The van der Waals surface area contributed by atoms with E-state index in [4.69, 9.17) is 0 Å². The molecule has 0 amide bonds. The number of halogens is 4. The molecule has 0 saturated heterocycles. The Hall–Kier alpha value is -0.680. The number of benzene rings is 5. The molecule has 0 bridgehead atoms. The van der Waals surface area contributed by atoms with Crippen molar-refractivity contribution in [1.82, 2.24) is 0 Å². The van der Waals surface area contributed by atoms with Gasteiger partial charge in [0.2, 0.25) is 0 Å². The molecule has 6 aromatic carbocycles. The van der Waals surface area contributed by atoms with E-state index in [9.17, 15) is 0 Å². The maximum absolute atomic E-state index is 3.78. The molecule has 0 nitrogen and oxygen atoms in total. The van der Waals surface area contributed by atoms with Crippen molar-refractivity contribution in [2.24, 2.45) is 0 Å². The largest absolute Gasteiger partial charge is 0.0876 e. The first kappa shape index (κ1) is 18.1. The lowest BCUT2D eigenvalue weighted by molar-refractivity contribution is 1.37. The molecule has 0 radical (unpaired) electrons. The number of hydrogen-bond acceptors (Lipinski definition) is 0. The van der Waals surface area contributed by atoms with E-state index < -0.39 is 0 Å². The fourth-order valence-electron chi connectivity index (χ4n) is 5.33. The van der Waals surface area contributed by atoms with Gasteiger partial charge in [0.05, 0.1) is 0 Å². The van der Waals surface area contributed by atoms with Gasteiger partial charge in [0.15, 0.2) is 0 Å². The van der Waals surface area contributed by atoms with Crippen LogP contribution in [0.25, 0.3) is 53.9 Å². The second kappa shape index (κ2) is 6.41. The monoisotopic (exact) mass is 618 g/mol. The average molecular weight is 622 g/mol. The van der Waals surface area contributed by atoms with Crippen LogP contribution in [0, 0.1) is 0 Å². The SMILES string of the molecule is BrCc1c(CBr)c2ccc3c(CBr)c(CBr)c4ccc5ccc1c1c5c4c3c21. The summed E-state index contributed by atoms with van der Waals surface area (Å²) in [6.07, 6.45) is 0. The minimum Gasteiger partial charge on any atom is -0.0876 e. The van der Waals surface area contributed by atoms with Gasteiger partial charge in [-0.05, 0) is 76.1 Å². The molecule has 0 atom stereocenters. The number of rotatable bonds is 4. The van der Waals surface area contributed by atoms with Crippen LogP contribution in [-0.2, 0) is 21.3 Å². The van der Waals surface area contributed by atoms with Crippen molar-refractivity contribution in [2.45, 2.75) is 21.3 Å². The fourth-order valence-corrected chi connectivity index (χ4v) is 7.89. The molecule has 0 aliphatic heterocycles. The molecular formula is C24H14Br4. The lowest BCUT2D eigenvalue weighted by atomic mass is 9.90. The molecule has 0 unspecified atom stereocenters. The Bertz CT molecular complexity index is 1390. The minimum atomic E-state index is 0.869. The highest BCUT2D eigenvalue weighted by Gasteiger charge is 2.26. The molecule has 6 aromatic rings. The summed E-state index contributed by atoms with van der Waals surface area (Å²) in [5.74, 6) is 0. The molecule has 0 fully saturated rings. The second-order valence-corrected chi connectivity index (χ2v) is 9.68. The van der Waals surface area contributed by atoms with Crippen LogP contribution < -0.4 is 0 Å². The van der Waals surface area contributed by atoms with Gasteiger partial charge in [0.1, 0.15) is 0 Å². The zero-order valence-electron chi connectivity index (χ0n) is 14.8. The number of alkyl halides is 4. The van der Waals surface area contributed by atoms with Gasteiger partial charge in [-0.2, -0.15) is 0 Å². The maximum Gasteiger partial charge on any atom is 0.0292 e. The summed E-state index contributed by atoms with van der Waals surface area (Å²) in [7, 11) is 0. The molecule has 0 aliphatic carbocycles. The van der Waals surface area contributed by atoms with E-state index in [0.717, 1.165) is 21.3 Å². The van der Waals surface area contributed by atoms with E-state index in [1.807, 2.05) is 0 Å². The quantitative estimate of drug-likeness (QED) is 0.136. The Balaban J connectivity index is 2.08. The van der Waals surface area contributed by atoms with E-state index in [-0.39, 0.29) is 0 Å². The fraction of sp³-hybridized carbons (Fsp3) is 0.167. The average Bonchev–Trinajstić information content (AvgIpc) is 3.10. The van der Waals surface area contributed by atoms with E-state index in [2.05, 4.69) is 100 Å². The molecular weight excluding hydrogens is 608 g/mol. The van der Waals surface area contributed by atoms with Gasteiger partial charge in [-0.25, -0.2) is 0 Å². The van der Waals surface area contributed by atoms with Crippen molar-refractivity contribution in [2.75, 3.05) is 0 Å². The summed E-state index contributed by atoms with van der Waals surface area (Å²) < 4.78 is 0. The lowest BCUT2D eigenvalue weighted by Crippen LogP contribution is -1.95. The van der Waals surface area contributed by atoms with Gasteiger partial charge < -0.3 is 0 Å². The highest BCUT2D eigenvalue weighted by molar-refractivity contribution is 9.09. The predicted octanol–water partition coefficient (Wildman–Crippen LogP) is 9.35. The first-order valence-corrected chi connectivity index (χ1v) is 13.7. The molecule has 0 aromatic heterocycles. The van der Waals surface area contributed by atoms with Crippen LogP contribution in [-0.4, -0.2) is 0 Å². The highest BCUT2D eigenvalue weighted by Crippen LogP contribution is 2.52. The van der Waals surface area contributed by atoms with E-state index in [0.29, 0.717) is 0 Å². The van der Waals surface area contributed by atoms with Crippen LogP contribution in [0.3, 0.4) is 0 Å². The summed E-state index contributed by atoms with van der Waals surface area (Å²) in [4.78, 5) is 0. The van der Waals surface area contributed by atoms with Gasteiger partial charge in [0.25, 0.3) is 0 Å². The van der Waals surface area contributed by atoms with Gasteiger partial charge in [-0.15, -0.1) is 0 Å². The van der Waals surface area contributed by atoms with E-state index >= 15 is 0 Å². The van der Waals surface area contributed by atoms with Gasteiger partial charge >= 0.3 is 0 Å². The van der Waals surface area contributed by atoms with E-state index in [1.54, 1.807) is 0 Å². The third kappa shape index (κ3) is 2.01. The Labute approximate surface area is 196 Å². The van der Waals surface area contributed by atoms with Crippen molar-refractivity contribution in [3.8, 4) is 0 Å². The zero-order valence-corrected chi connectivity index (χ0v) is 21.1. The van der Waals surface area contributed by atoms with Crippen LogP contribution in [0.4, 0.5) is 0 Å². The van der Waals surface area contributed by atoms with Gasteiger partial charge in [-0.3, -0.25) is 0 Å². The topological polar surface area (TPSA) is 0 Å². The van der Waals surface area contributed by atoms with Crippen molar-refractivity contribution in [3.05, 3.63) is 58.7 Å². The molecule has 0 aliphatic rings. The molecule has 6 rings (SSSR count). The molecule has 0 N–H and O–H groups in total. The summed E-state index contributed by atoms with van der Waals surface area (Å²) in [5.41, 5.74) is 5.64. The lowest BCUT2D eigenvalue weighted by Gasteiger charge is -2.16. The minimum absolute atomic E-state index is 0.869. The van der Waals surface area contributed by atoms with Crippen molar-refractivity contribution in [3.63, 3.8) is 0 Å². The van der Waals surface area contributed by atoms with E-state index in [1.165, 1.54) is 76.1 Å². The van der Waals surface area contributed by atoms with Crippen molar-refractivity contribution >= 4 is 118 Å².